The molecule has 2 aromatic carbocycles. The molecule has 0 fully saturated rings. The topological polar surface area (TPSA) is 36.0 Å². The lowest BCUT2D eigenvalue weighted by molar-refractivity contribution is -0.140. The van der Waals surface area contributed by atoms with E-state index in [-0.39, 0.29) is 24.6 Å². The molecule has 1 amide bonds. The van der Waals surface area contributed by atoms with E-state index in [0.717, 1.165) is 37.7 Å². The van der Waals surface area contributed by atoms with Gasteiger partial charge in [-0.05, 0) is 55.9 Å². The van der Waals surface area contributed by atoms with Gasteiger partial charge in [0.25, 0.3) is 5.91 Å². The van der Waals surface area contributed by atoms with E-state index in [9.17, 15) is 18.0 Å². The maximum Gasteiger partial charge on any atom is 0.416 e. The summed E-state index contributed by atoms with van der Waals surface area (Å²) in [6.07, 6.45) is -3.63. The van der Waals surface area contributed by atoms with Gasteiger partial charge in [0, 0.05) is 32.7 Å². The molecule has 3 rings (SSSR count). The van der Waals surface area contributed by atoms with Crippen LogP contribution in [0.25, 0.3) is 0 Å². The third kappa shape index (κ3) is 6.71. The van der Waals surface area contributed by atoms with Crippen LogP contribution in [0.1, 0.15) is 29.2 Å². The molecule has 0 N–H and O–H groups in total. The van der Waals surface area contributed by atoms with Gasteiger partial charge in [0.05, 0.1) is 5.56 Å². The molecule has 1 aliphatic heterocycles. The average molecular weight is 464 g/mol. The molecule has 33 heavy (non-hydrogen) atoms. The number of alkyl halides is 3. The Labute approximate surface area is 193 Å². The van der Waals surface area contributed by atoms with Crippen molar-refractivity contribution in [3.63, 3.8) is 0 Å². The van der Waals surface area contributed by atoms with E-state index in [1.165, 1.54) is 22.6 Å². The summed E-state index contributed by atoms with van der Waals surface area (Å²) in [5.41, 5.74) is 1.66. The molecule has 0 radical (unpaired) electrons. The fraction of sp³-hybridized carbons (Fsp3) is 0.480. The monoisotopic (exact) mass is 463 g/mol. The van der Waals surface area contributed by atoms with Gasteiger partial charge in [-0.2, -0.15) is 13.2 Å². The highest BCUT2D eigenvalue weighted by Gasteiger charge is 2.33. The van der Waals surface area contributed by atoms with Crippen molar-refractivity contribution in [1.82, 2.24) is 14.7 Å². The Morgan fingerprint density at radius 2 is 1.85 bits per heavy atom. The predicted molar refractivity (Wildman–Crippen MR) is 122 cm³/mol. The number of nitrogens with zero attached hydrogens (tertiary/aromatic N) is 3. The van der Waals surface area contributed by atoms with Crippen LogP contribution in [0.2, 0.25) is 0 Å². The van der Waals surface area contributed by atoms with Crippen LogP contribution in [-0.4, -0.2) is 67.5 Å². The number of likely N-dealkylation sites (N-methyl/N-ethyl adjacent to an activating group) is 2. The second-order valence-corrected chi connectivity index (χ2v) is 8.57. The number of hydrogen-bond donors (Lipinski definition) is 0. The summed E-state index contributed by atoms with van der Waals surface area (Å²) < 4.78 is 46.3. The zero-order valence-electron chi connectivity index (χ0n) is 19.5. The van der Waals surface area contributed by atoms with Gasteiger partial charge in [-0.15, -0.1) is 0 Å². The SMILES string of the molecule is CCN1CCc2c(cccc2OCC(=O)N(CCN(C)C)Cc2ccccc2C(F)(F)F)C1. The number of ether oxygens (including phenoxy) is 1. The number of halogens is 3. The molecule has 0 atom stereocenters. The zero-order valence-corrected chi connectivity index (χ0v) is 19.5. The normalized spacial score (nSPS) is 14.3. The van der Waals surface area contributed by atoms with Crippen LogP contribution >= 0.6 is 0 Å². The fourth-order valence-electron chi connectivity index (χ4n) is 4.02. The summed E-state index contributed by atoms with van der Waals surface area (Å²) in [5.74, 6) is 0.345. The molecule has 1 aliphatic rings. The highest BCUT2D eigenvalue weighted by molar-refractivity contribution is 5.78. The molecular formula is C25H32F3N3O2. The summed E-state index contributed by atoms with van der Waals surface area (Å²) in [6, 6.07) is 11.2. The minimum Gasteiger partial charge on any atom is -0.483 e. The van der Waals surface area contributed by atoms with E-state index in [2.05, 4.69) is 17.9 Å². The van der Waals surface area contributed by atoms with Gasteiger partial charge in [-0.1, -0.05) is 37.3 Å². The molecule has 1 heterocycles. The largest absolute Gasteiger partial charge is 0.483 e. The van der Waals surface area contributed by atoms with Crippen molar-refractivity contribution in [2.45, 2.75) is 32.6 Å². The van der Waals surface area contributed by atoms with Crippen LogP contribution in [0, 0.1) is 0 Å². The second kappa shape index (κ2) is 11.0. The maximum atomic E-state index is 13.5. The molecule has 0 unspecified atom stereocenters. The average Bonchev–Trinajstić information content (AvgIpc) is 2.79. The Balaban J connectivity index is 1.74. The minimum atomic E-state index is -4.47. The van der Waals surface area contributed by atoms with Crippen LogP contribution in [0.5, 0.6) is 5.75 Å². The number of carbonyl (C=O) groups excluding carboxylic acids is 1. The molecule has 0 aliphatic carbocycles. The summed E-state index contributed by atoms with van der Waals surface area (Å²) in [6.45, 7) is 5.39. The van der Waals surface area contributed by atoms with Crippen LogP contribution in [0.3, 0.4) is 0 Å². The van der Waals surface area contributed by atoms with E-state index >= 15 is 0 Å². The van der Waals surface area contributed by atoms with Crippen molar-refractivity contribution in [3.05, 3.63) is 64.7 Å². The first-order valence-electron chi connectivity index (χ1n) is 11.2. The Kier molecular flexibility index (Phi) is 8.37. The number of amides is 1. The summed E-state index contributed by atoms with van der Waals surface area (Å²) in [5, 5.41) is 0. The van der Waals surface area contributed by atoms with Crippen molar-refractivity contribution >= 4 is 5.91 Å². The third-order valence-corrected chi connectivity index (χ3v) is 5.95. The Morgan fingerprint density at radius 3 is 2.55 bits per heavy atom. The third-order valence-electron chi connectivity index (χ3n) is 5.95. The van der Waals surface area contributed by atoms with Gasteiger partial charge in [-0.3, -0.25) is 9.69 Å². The molecular weight excluding hydrogens is 431 g/mol. The number of carbonyl (C=O) groups is 1. The molecule has 0 spiro atoms. The minimum absolute atomic E-state index is 0.0776. The smallest absolute Gasteiger partial charge is 0.416 e. The van der Waals surface area contributed by atoms with E-state index in [1.54, 1.807) is 6.07 Å². The van der Waals surface area contributed by atoms with Gasteiger partial charge in [0.1, 0.15) is 5.75 Å². The lowest BCUT2D eigenvalue weighted by Crippen LogP contribution is -2.39. The van der Waals surface area contributed by atoms with E-state index in [0.29, 0.717) is 18.8 Å². The first-order chi connectivity index (χ1) is 15.7. The molecule has 0 aromatic heterocycles. The standard InChI is InChI=1S/C25H32F3N3O2/c1-4-30-13-12-21-19(16-30)9-7-11-23(21)33-18-24(32)31(15-14-29(2)3)17-20-8-5-6-10-22(20)25(26,27)28/h5-11H,4,12-18H2,1-3H3. The van der Waals surface area contributed by atoms with Crippen LogP contribution in [0.4, 0.5) is 13.2 Å². The van der Waals surface area contributed by atoms with Crippen molar-refractivity contribution in [3.8, 4) is 5.75 Å². The van der Waals surface area contributed by atoms with Gasteiger partial charge >= 0.3 is 6.18 Å². The second-order valence-electron chi connectivity index (χ2n) is 8.57. The molecule has 0 bridgehead atoms. The Bertz CT molecular complexity index is 947. The molecule has 0 saturated heterocycles. The maximum absolute atomic E-state index is 13.5. The van der Waals surface area contributed by atoms with Gasteiger partial charge in [-0.25, -0.2) is 0 Å². The fourth-order valence-corrected chi connectivity index (χ4v) is 4.02. The summed E-state index contributed by atoms with van der Waals surface area (Å²) in [7, 11) is 3.72. The number of fused-ring (bicyclic) bond motifs is 1. The number of rotatable bonds is 9. The van der Waals surface area contributed by atoms with Crippen molar-refractivity contribution < 1.29 is 22.7 Å². The highest BCUT2D eigenvalue weighted by Crippen LogP contribution is 2.32. The van der Waals surface area contributed by atoms with Crippen molar-refractivity contribution in [1.29, 1.82) is 0 Å². The Morgan fingerprint density at radius 1 is 1.09 bits per heavy atom. The summed E-state index contributed by atoms with van der Waals surface area (Å²) in [4.78, 5) is 18.7. The van der Waals surface area contributed by atoms with Crippen molar-refractivity contribution in [2.24, 2.45) is 0 Å². The highest BCUT2D eigenvalue weighted by atomic mass is 19.4. The number of hydrogen-bond acceptors (Lipinski definition) is 4. The van der Waals surface area contributed by atoms with E-state index in [4.69, 9.17) is 4.74 Å². The van der Waals surface area contributed by atoms with E-state index < -0.39 is 11.7 Å². The molecule has 2 aromatic rings. The van der Waals surface area contributed by atoms with Gasteiger partial charge < -0.3 is 14.5 Å². The Hall–Kier alpha value is -2.58. The first kappa shape index (κ1) is 25.1. The lowest BCUT2D eigenvalue weighted by Gasteiger charge is -2.29. The molecule has 8 heteroatoms. The van der Waals surface area contributed by atoms with Crippen LogP contribution < -0.4 is 4.74 Å². The molecule has 5 nitrogen and oxygen atoms in total. The predicted octanol–water partition coefficient (Wildman–Crippen LogP) is 4.05. The van der Waals surface area contributed by atoms with Crippen molar-refractivity contribution in [2.75, 3.05) is 46.9 Å². The lowest BCUT2D eigenvalue weighted by atomic mass is 9.99. The first-order valence-corrected chi connectivity index (χ1v) is 11.2. The van der Waals surface area contributed by atoms with Crippen LogP contribution in [-0.2, 0) is 30.5 Å². The van der Waals surface area contributed by atoms with Gasteiger partial charge in [0.2, 0.25) is 0 Å². The van der Waals surface area contributed by atoms with Gasteiger partial charge in [0.15, 0.2) is 6.61 Å². The number of benzene rings is 2. The quantitative estimate of drug-likeness (QED) is 0.562. The van der Waals surface area contributed by atoms with E-state index in [1.807, 2.05) is 31.1 Å². The molecule has 180 valence electrons. The zero-order chi connectivity index (χ0) is 24.0. The van der Waals surface area contributed by atoms with Crippen LogP contribution in [0.15, 0.2) is 42.5 Å². The summed E-state index contributed by atoms with van der Waals surface area (Å²) >= 11 is 0. The molecule has 0 saturated carbocycles.